The Hall–Kier alpha value is -0.860. The largest absolute Gasteiger partial charge is 0.357 e. The summed E-state index contributed by atoms with van der Waals surface area (Å²) in [4.78, 5) is 4.58. The second-order valence-electron chi connectivity index (χ2n) is 5.26. The van der Waals surface area contributed by atoms with E-state index in [-0.39, 0.29) is 24.0 Å². The summed E-state index contributed by atoms with van der Waals surface area (Å²) in [5.74, 6) is 3.52. The van der Waals surface area contributed by atoms with Gasteiger partial charge in [-0.2, -0.15) is 0 Å². The van der Waals surface area contributed by atoms with Gasteiger partial charge in [0, 0.05) is 26.1 Å². The van der Waals surface area contributed by atoms with Crippen LogP contribution in [0.25, 0.3) is 0 Å². The smallest absolute Gasteiger partial charge is 0.191 e. The van der Waals surface area contributed by atoms with Crippen LogP contribution in [0.15, 0.2) is 4.99 Å². The van der Waals surface area contributed by atoms with E-state index in [1.165, 1.54) is 6.42 Å². The van der Waals surface area contributed by atoms with Gasteiger partial charge < -0.3 is 15.2 Å². The van der Waals surface area contributed by atoms with Gasteiger partial charge in [-0.1, -0.05) is 13.8 Å². The van der Waals surface area contributed by atoms with Crippen molar-refractivity contribution in [1.82, 2.24) is 25.4 Å². The number of aliphatic imine (C=N–C) groups is 1. The molecule has 0 saturated carbocycles. The van der Waals surface area contributed by atoms with Gasteiger partial charge in [-0.3, -0.25) is 0 Å². The summed E-state index contributed by atoms with van der Waals surface area (Å²) in [7, 11) is 0. The Morgan fingerprint density at radius 3 is 2.85 bits per heavy atom. The summed E-state index contributed by atoms with van der Waals surface area (Å²) in [5, 5.41) is 15.0. The van der Waals surface area contributed by atoms with Gasteiger partial charge in [0.15, 0.2) is 11.8 Å². The standard InChI is InChI=1S/C13H24N6.HI/c1-4-14-13(15-8-10(2)3)16-9-12-18-17-11-6-5-7-19(11)12;/h10H,4-9H2,1-3H3,(H2,14,15,16);1H. The fourth-order valence-corrected chi connectivity index (χ4v) is 2.12. The zero-order valence-electron chi connectivity index (χ0n) is 12.5. The van der Waals surface area contributed by atoms with Crippen molar-refractivity contribution in [2.24, 2.45) is 10.9 Å². The summed E-state index contributed by atoms with van der Waals surface area (Å²) in [6, 6.07) is 0. The van der Waals surface area contributed by atoms with Gasteiger partial charge in [-0.15, -0.1) is 34.2 Å². The van der Waals surface area contributed by atoms with Crippen molar-refractivity contribution in [3.8, 4) is 0 Å². The predicted octanol–water partition coefficient (Wildman–Crippen LogP) is 1.55. The van der Waals surface area contributed by atoms with Crippen molar-refractivity contribution in [2.45, 2.75) is 46.7 Å². The van der Waals surface area contributed by atoms with E-state index in [4.69, 9.17) is 0 Å². The molecule has 0 radical (unpaired) electrons. The van der Waals surface area contributed by atoms with E-state index in [2.05, 4.69) is 51.2 Å². The first-order valence-electron chi connectivity index (χ1n) is 7.13. The molecule has 0 aliphatic carbocycles. The van der Waals surface area contributed by atoms with Crippen molar-refractivity contribution < 1.29 is 0 Å². The minimum Gasteiger partial charge on any atom is -0.357 e. The number of fused-ring (bicyclic) bond motifs is 1. The number of rotatable bonds is 5. The molecule has 0 atom stereocenters. The van der Waals surface area contributed by atoms with Gasteiger partial charge in [-0.05, 0) is 19.3 Å². The Bertz CT molecular complexity index is 440. The monoisotopic (exact) mass is 392 g/mol. The maximum absolute atomic E-state index is 4.58. The molecule has 0 amide bonds. The third-order valence-corrected chi connectivity index (χ3v) is 3.09. The normalized spacial score (nSPS) is 14.1. The van der Waals surface area contributed by atoms with Crippen LogP contribution in [-0.4, -0.2) is 33.8 Å². The quantitative estimate of drug-likeness (QED) is 0.454. The first-order valence-corrected chi connectivity index (χ1v) is 7.13. The predicted molar refractivity (Wildman–Crippen MR) is 91.4 cm³/mol. The lowest BCUT2D eigenvalue weighted by atomic mass is 10.2. The summed E-state index contributed by atoms with van der Waals surface area (Å²) < 4.78 is 2.19. The molecule has 7 heteroatoms. The number of nitrogens with zero attached hydrogens (tertiary/aromatic N) is 4. The van der Waals surface area contributed by atoms with Gasteiger partial charge in [-0.25, -0.2) is 4.99 Å². The second kappa shape index (κ2) is 8.43. The first kappa shape index (κ1) is 17.2. The molecule has 2 N–H and O–H groups in total. The number of halogens is 1. The van der Waals surface area contributed by atoms with Crippen LogP contribution in [0.1, 0.15) is 38.8 Å². The highest BCUT2D eigenvalue weighted by Crippen LogP contribution is 2.14. The van der Waals surface area contributed by atoms with Crippen LogP contribution in [-0.2, 0) is 19.5 Å². The lowest BCUT2D eigenvalue weighted by Gasteiger charge is -2.12. The molecule has 0 saturated heterocycles. The van der Waals surface area contributed by atoms with Crippen LogP contribution < -0.4 is 10.6 Å². The van der Waals surface area contributed by atoms with Crippen molar-refractivity contribution in [3.05, 3.63) is 11.6 Å². The maximum Gasteiger partial charge on any atom is 0.191 e. The third kappa shape index (κ3) is 4.60. The number of nitrogens with one attached hydrogen (secondary N) is 2. The number of hydrogen-bond acceptors (Lipinski definition) is 3. The van der Waals surface area contributed by atoms with E-state index in [0.717, 1.165) is 43.7 Å². The van der Waals surface area contributed by atoms with Crippen molar-refractivity contribution in [1.29, 1.82) is 0 Å². The van der Waals surface area contributed by atoms with Gasteiger partial charge in [0.2, 0.25) is 0 Å². The molecule has 0 bridgehead atoms. The zero-order valence-corrected chi connectivity index (χ0v) is 14.8. The molecule has 0 fully saturated rings. The molecule has 2 heterocycles. The van der Waals surface area contributed by atoms with Gasteiger partial charge >= 0.3 is 0 Å². The van der Waals surface area contributed by atoms with E-state index < -0.39 is 0 Å². The summed E-state index contributed by atoms with van der Waals surface area (Å²) in [6.07, 6.45) is 2.22. The van der Waals surface area contributed by atoms with E-state index in [1.807, 2.05) is 0 Å². The number of aromatic nitrogens is 3. The fourth-order valence-electron chi connectivity index (χ4n) is 2.12. The van der Waals surface area contributed by atoms with Crippen molar-refractivity contribution >= 4 is 29.9 Å². The number of aryl methyl sites for hydroxylation is 1. The van der Waals surface area contributed by atoms with E-state index >= 15 is 0 Å². The lowest BCUT2D eigenvalue weighted by Crippen LogP contribution is -2.39. The lowest BCUT2D eigenvalue weighted by molar-refractivity contribution is 0.613. The molecule has 0 unspecified atom stereocenters. The summed E-state index contributed by atoms with van der Waals surface area (Å²) in [6.45, 7) is 9.83. The Morgan fingerprint density at radius 1 is 1.35 bits per heavy atom. The highest BCUT2D eigenvalue weighted by atomic mass is 127. The van der Waals surface area contributed by atoms with Crippen LogP contribution >= 0.6 is 24.0 Å². The summed E-state index contributed by atoms with van der Waals surface area (Å²) in [5.41, 5.74) is 0. The second-order valence-corrected chi connectivity index (χ2v) is 5.26. The Balaban J connectivity index is 0.00000200. The Kier molecular flexibility index (Phi) is 7.25. The highest BCUT2D eigenvalue weighted by molar-refractivity contribution is 14.0. The molecule has 114 valence electrons. The molecule has 20 heavy (non-hydrogen) atoms. The average molecular weight is 392 g/mol. The molecule has 1 aromatic rings. The maximum atomic E-state index is 4.58. The topological polar surface area (TPSA) is 67.1 Å². The zero-order chi connectivity index (χ0) is 13.7. The van der Waals surface area contributed by atoms with E-state index in [0.29, 0.717) is 12.5 Å². The van der Waals surface area contributed by atoms with Crippen LogP contribution in [0.3, 0.4) is 0 Å². The molecule has 6 nitrogen and oxygen atoms in total. The molecule has 1 aromatic heterocycles. The molecular weight excluding hydrogens is 367 g/mol. The third-order valence-electron chi connectivity index (χ3n) is 3.09. The van der Waals surface area contributed by atoms with Crippen molar-refractivity contribution in [2.75, 3.05) is 13.1 Å². The first-order chi connectivity index (χ1) is 9.20. The summed E-state index contributed by atoms with van der Waals surface area (Å²) >= 11 is 0. The SMILES string of the molecule is CCNC(=NCc1nnc2n1CCC2)NCC(C)C.I. The van der Waals surface area contributed by atoms with Gasteiger partial charge in [0.25, 0.3) is 0 Å². The molecule has 1 aliphatic rings. The number of guanidine groups is 1. The Morgan fingerprint density at radius 2 is 2.15 bits per heavy atom. The van der Waals surface area contributed by atoms with Crippen LogP contribution in [0.4, 0.5) is 0 Å². The average Bonchev–Trinajstić information content (AvgIpc) is 2.96. The number of hydrogen-bond donors (Lipinski definition) is 2. The van der Waals surface area contributed by atoms with Crippen LogP contribution in [0.2, 0.25) is 0 Å². The Labute approximate surface area is 137 Å². The van der Waals surface area contributed by atoms with E-state index in [9.17, 15) is 0 Å². The minimum atomic E-state index is 0. The van der Waals surface area contributed by atoms with Crippen LogP contribution in [0, 0.1) is 5.92 Å². The van der Waals surface area contributed by atoms with Crippen LogP contribution in [0.5, 0.6) is 0 Å². The van der Waals surface area contributed by atoms with Gasteiger partial charge in [0.1, 0.15) is 12.4 Å². The van der Waals surface area contributed by atoms with E-state index in [1.54, 1.807) is 0 Å². The minimum absolute atomic E-state index is 0. The molecule has 2 rings (SSSR count). The van der Waals surface area contributed by atoms with Crippen molar-refractivity contribution in [3.63, 3.8) is 0 Å². The molecule has 0 spiro atoms. The van der Waals surface area contributed by atoms with Gasteiger partial charge in [0.05, 0.1) is 0 Å². The molecular formula is C13H25IN6. The molecule has 0 aromatic carbocycles. The highest BCUT2D eigenvalue weighted by Gasteiger charge is 2.16. The fraction of sp³-hybridized carbons (Fsp3) is 0.769. The molecule has 1 aliphatic heterocycles.